The van der Waals surface area contributed by atoms with Crippen LogP contribution in [0.3, 0.4) is 0 Å². The smallest absolute Gasteiger partial charge is 0.257 e. The fraction of sp³-hybridized carbons (Fsp3) is 0. The summed E-state index contributed by atoms with van der Waals surface area (Å²) in [5, 5.41) is 28.6. The van der Waals surface area contributed by atoms with E-state index in [1.807, 2.05) is 0 Å². The van der Waals surface area contributed by atoms with Gasteiger partial charge < -0.3 is 10.4 Å². The third kappa shape index (κ3) is 5.60. The molecule has 0 aliphatic heterocycles. The normalized spacial score (nSPS) is 10.8. The molecule has 14 heteroatoms. The molecular weight excluding hydrogens is 573 g/mol. The van der Waals surface area contributed by atoms with E-state index in [1.165, 1.54) is 47.4 Å². The first-order valence-corrected chi connectivity index (χ1v) is 12.6. The van der Waals surface area contributed by atoms with Crippen LogP contribution in [-0.4, -0.2) is 41.9 Å². The zero-order chi connectivity index (χ0) is 26.8. The predicted molar refractivity (Wildman–Crippen MR) is 146 cm³/mol. The molecule has 0 fully saturated rings. The third-order valence-corrected chi connectivity index (χ3v) is 6.72. The van der Waals surface area contributed by atoms with Crippen molar-refractivity contribution in [3.8, 4) is 22.0 Å². The number of hydrogen-bond acceptors (Lipinski definition) is 8. The van der Waals surface area contributed by atoms with Crippen LogP contribution in [0.2, 0.25) is 15.3 Å². The van der Waals surface area contributed by atoms with Gasteiger partial charge in [0, 0.05) is 21.8 Å². The van der Waals surface area contributed by atoms with Crippen molar-refractivity contribution in [2.75, 3.05) is 10.6 Å². The number of nitrogens with one attached hydrogen (secondary N) is 2. The summed E-state index contributed by atoms with van der Waals surface area (Å²) in [5.74, 6) is -0.978. The van der Waals surface area contributed by atoms with E-state index < -0.39 is 5.91 Å². The van der Waals surface area contributed by atoms with Crippen LogP contribution in [0.5, 0.6) is 5.75 Å². The van der Waals surface area contributed by atoms with E-state index in [-0.39, 0.29) is 27.1 Å². The Kier molecular flexibility index (Phi) is 7.25. The summed E-state index contributed by atoms with van der Waals surface area (Å²) in [5.41, 5.74) is 2.27. The van der Waals surface area contributed by atoms with Crippen LogP contribution in [0.4, 0.5) is 10.8 Å². The number of hydrogen-bond donors (Lipinski definition) is 3. The molecule has 0 bridgehead atoms. The Hall–Kier alpha value is -4.03. The largest absolute Gasteiger partial charge is 0.506 e. The molecule has 0 radical (unpaired) electrons. The standard InChI is InChI=1S/C24H14Cl3N7O3S/c25-14-9-17(19(35)18(26)10-14)22-31-32-24(38-22)30-21(37)13-3-1-12(2-4-13)20(36)29-15-5-7-16(8-6-15)34-11-28-23(27)33-34/h1-11,35H,(H,29,36)(H,30,32,37). The van der Waals surface area contributed by atoms with Gasteiger partial charge in [0.15, 0.2) is 5.01 Å². The number of halogens is 3. The summed E-state index contributed by atoms with van der Waals surface area (Å²) in [6.07, 6.45) is 1.48. The SMILES string of the molecule is O=C(Nc1ccc(-n2cnc(Cl)n2)cc1)c1ccc(C(=O)Nc2nnc(-c3cc(Cl)cc(Cl)c3O)s2)cc1. The molecule has 0 saturated carbocycles. The van der Waals surface area contributed by atoms with Gasteiger partial charge in [0.05, 0.1) is 16.3 Å². The second-order valence-electron chi connectivity index (χ2n) is 7.69. The zero-order valence-corrected chi connectivity index (χ0v) is 22.0. The lowest BCUT2D eigenvalue weighted by Gasteiger charge is -2.07. The molecule has 3 N–H and O–H groups in total. The van der Waals surface area contributed by atoms with Gasteiger partial charge in [0.25, 0.3) is 11.8 Å². The second-order valence-corrected chi connectivity index (χ2v) is 9.85. The van der Waals surface area contributed by atoms with Gasteiger partial charge in [-0.3, -0.25) is 14.9 Å². The van der Waals surface area contributed by atoms with E-state index in [9.17, 15) is 14.7 Å². The van der Waals surface area contributed by atoms with Crippen molar-refractivity contribution in [2.45, 2.75) is 0 Å². The van der Waals surface area contributed by atoms with Gasteiger partial charge in [0.1, 0.15) is 12.1 Å². The first-order valence-electron chi connectivity index (χ1n) is 10.7. The predicted octanol–water partition coefficient (Wildman–Crippen LogP) is 5.96. The zero-order valence-electron chi connectivity index (χ0n) is 18.9. The van der Waals surface area contributed by atoms with Crippen molar-refractivity contribution in [2.24, 2.45) is 0 Å². The molecule has 5 rings (SSSR count). The number of aromatic hydroxyl groups is 1. The van der Waals surface area contributed by atoms with Gasteiger partial charge in [-0.2, -0.15) is 0 Å². The molecule has 190 valence electrons. The van der Waals surface area contributed by atoms with E-state index in [2.05, 4.69) is 30.9 Å². The number of aromatic nitrogens is 5. The molecule has 0 spiro atoms. The Labute approximate surface area is 233 Å². The average Bonchev–Trinajstić information content (AvgIpc) is 3.55. The molecule has 0 aliphatic carbocycles. The lowest BCUT2D eigenvalue weighted by molar-refractivity contribution is 0.101. The summed E-state index contributed by atoms with van der Waals surface area (Å²) >= 11 is 18.8. The molecule has 0 atom stereocenters. The highest BCUT2D eigenvalue weighted by molar-refractivity contribution is 7.18. The highest BCUT2D eigenvalue weighted by Crippen LogP contribution is 2.39. The highest BCUT2D eigenvalue weighted by Gasteiger charge is 2.17. The minimum atomic E-state index is -0.447. The number of carbonyl (C=O) groups excluding carboxylic acids is 2. The Morgan fingerprint density at radius 2 is 1.53 bits per heavy atom. The van der Waals surface area contributed by atoms with Crippen molar-refractivity contribution in [3.05, 3.63) is 93.4 Å². The minimum Gasteiger partial charge on any atom is -0.506 e. The van der Waals surface area contributed by atoms with Gasteiger partial charge in [-0.1, -0.05) is 34.5 Å². The molecule has 38 heavy (non-hydrogen) atoms. The van der Waals surface area contributed by atoms with E-state index in [0.717, 1.165) is 17.0 Å². The summed E-state index contributed by atoms with van der Waals surface area (Å²) in [7, 11) is 0. The lowest BCUT2D eigenvalue weighted by atomic mass is 10.1. The Morgan fingerprint density at radius 1 is 0.868 bits per heavy atom. The maximum Gasteiger partial charge on any atom is 0.257 e. The van der Waals surface area contributed by atoms with Gasteiger partial charge >= 0.3 is 0 Å². The van der Waals surface area contributed by atoms with Crippen molar-refractivity contribution >= 4 is 68.8 Å². The van der Waals surface area contributed by atoms with Crippen molar-refractivity contribution < 1.29 is 14.7 Å². The van der Waals surface area contributed by atoms with E-state index in [4.69, 9.17) is 34.8 Å². The van der Waals surface area contributed by atoms with E-state index in [0.29, 0.717) is 32.4 Å². The van der Waals surface area contributed by atoms with Gasteiger partial charge in [0.2, 0.25) is 10.4 Å². The first-order chi connectivity index (χ1) is 18.3. The van der Waals surface area contributed by atoms with Crippen molar-refractivity contribution in [3.63, 3.8) is 0 Å². The maximum atomic E-state index is 12.7. The maximum absolute atomic E-state index is 12.7. The molecule has 2 heterocycles. The molecule has 10 nitrogen and oxygen atoms in total. The molecule has 3 aromatic carbocycles. The Bertz CT molecular complexity index is 1650. The third-order valence-electron chi connectivity index (χ3n) is 5.17. The number of phenols is 1. The summed E-state index contributed by atoms with van der Waals surface area (Å²) in [4.78, 5) is 29.2. The first kappa shape index (κ1) is 25.6. The molecule has 0 aliphatic rings. The fourth-order valence-electron chi connectivity index (χ4n) is 3.32. The topological polar surface area (TPSA) is 135 Å². The van der Waals surface area contributed by atoms with Crippen LogP contribution in [-0.2, 0) is 0 Å². The number of anilines is 2. The summed E-state index contributed by atoms with van der Waals surface area (Å²) < 4.78 is 1.51. The molecular formula is C24H14Cl3N7O3S. The number of benzene rings is 3. The van der Waals surface area contributed by atoms with E-state index >= 15 is 0 Å². The Morgan fingerprint density at radius 3 is 2.16 bits per heavy atom. The Balaban J connectivity index is 1.22. The van der Waals surface area contributed by atoms with Crippen molar-refractivity contribution in [1.82, 2.24) is 25.0 Å². The van der Waals surface area contributed by atoms with Crippen LogP contribution < -0.4 is 10.6 Å². The molecule has 0 unspecified atom stereocenters. The van der Waals surface area contributed by atoms with Crippen LogP contribution >= 0.6 is 46.1 Å². The van der Waals surface area contributed by atoms with Crippen molar-refractivity contribution in [1.29, 1.82) is 0 Å². The molecule has 0 saturated heterocycles. The number of amides is 2. The average molecular weight is 587 g/mol. The quantitative estimate of drug-likeness (QED) is 0.224. The second kappa shape index (κ2) is 10.8. The van der Waals surface area contributed by atoms with Crippen LogP contribution in [0.25, 0.3) is 16.3 Å². The minimum absolute atomic E-state index is 0.0755. The number of carbonyl (C=O) groups is 2. The monoisotopic (exact) mass is 585 g/mol. The highest BCUT2D eigenvalue weighted by atomic mass is 35.5. The fourth-order valence-corrected chi connectivity index (χ4v) is 4.70. The van der Waals surface area contributed by atoms with Gasteiger partial charge in [-0.05, 0) is 72.3 Å². The van der Waals surface area contributed by atoms with E-state index in [1.54, 1.807) is 24.3 Å². The van der Waals surface area contributed by atoms with Crippen LogP contribution in [0, 0.1) is 0 Å². The van der Waals surface area contributed by atoms with Crippen LogP contribution in [0.15, 0.2) is 67.0 Å². The summed E-state index contributed by atoms with van der Waals surface area (Å²) in [6.45, 7) is 0. The number of rotatable bonds is 6. The molecule has 5 aromatic rings. The molecule has 2 aromatic heterocycles. The lowest BCUT2D eigenvalue weighted by Crippen LogP contribution is -2.14. The van der Waals surface area contributed by atoms with Crippen LogP contribution in [0.1, 0.15) is 20.7 Å². The van der Waals surface area contributed by atoms with Gasteiger partial charge in [-0.15, -0.1) is 15.3 Å². The molecule has 2 amide bonds. The number of phenolic OH excluding ortho intramolecular Hbond substituents is 1. The van der Waals surface area contributed by atoms with Gasteiger partial charge in [-0.25, -0.2) is 9.67 Å². The summed E-state index contributed by atoms with van der Waals surface area (Å²) in [6, 6.07) is 16.0. The number of nitrogens with zero attached hydrogens (tertiary/aromatic N) is 5.